The fraction of sp³-hybridized carbons (Fsp3) is 0.0339. The molecule has 1 aliphatic carbocycles. The summed E-state index contributed by atoms with van der Waals surface area (Å²) in [5.41, 5.74) is 11.3. The van der Waals surface area contributed by atoms with E-state index in [1.54, 1.807) is 0 Å². The maximum Gasteiger partial charge on any atom is 0.166 e. The SMILES string of the molecule is C1=Cc2oc3c(-n4c5ccccc5c5cc6ccccc6cc54)ccc(-c4nc(-c5cccc6ccccc56)nc(-c5cccc6c7ccccc7n(-c7ccccc7)c56)n4)c3c2CC1. The van der Waals surface area contributed by atoms with Crippen LogP contribution in [0.2, 0.25) is 0 Å². The van der Waals surface area contributed by atoms with Crippen LogP contribution in [0.15, 0.2) is 199 Å². The zero-order valence-electron chi connectivity index (χ0n) is 35.1. The van der Waals surface area contributed by atoms with Crippen molar-refractivity contribution in [3.63, 3.8) is 0 Å². The number of hydrogen-bond acceptors (Lipinski definition) is 4. The zero-order chi connectivity index (χ0) is 42.6. The second-order valence-electron chi connectivity index (χ2n) is 17.0. The van der Waals surface area contributed by atoms with Gasteiger partial charge in [0.1, 0.15) is 5.76 Å². The second-order valence-corrected chi connectivity index (χ2v) is 17.0. The van der Waals surface area contributed by atoms with Gasteiger partial charge in [-0.1, -0.05) is 140 Å². The first kappa shape index (κ1) is 35.9. The predicted molar refractivity (Wildman–Crippen MR) is 267 cm³/mol. The number of furan rings is 1. The van der Waals surface area contributed by atoms with Crippen LogP contribution < -0.4 is 0 Å². The number of nitrogens with zero attached hydrogens (tertiary/aromatic N) is 5. The van der Waals surface area contributed by atoms with Gasteiger partial charge in [-0.15, -0.1) is 0 Å². The Kier molecular flexibility index (Phi) is 7.71. The van der Waals surface area contributed by atoms with Gasteiger partial charge in [0.15, 0.2) is 23.1 Å². The summed E-state index contributed by atoms with van der Waals surface area (Å²) in [6.45, 7) is 0. The van der Waals surface area contributed by atoms with Crippen LogP contribution in [-0.2, 0) is 6.42 Å². The van der Waals surface area contributed by atoms with Gasteiger partial charge in [-0.3, -0.25) is 0 Å². The minimum Gasteiger partial charge on any atom is -0.454 e. The summed E-state index contributed by atoms with van der Waals surface area (Å²) in [5, 5.41) is 10.4. The fourth-order valence-corrected chi connectivity index (χ4v) is 10.5. The van der Waals surface area contributed by atoms with E-state index < -0.39 is 0 Å². The van der Waals surface area contributed by atoms with E-state index >= 15 is 0 Å². The van der Waals surface area contributed by atoms with Crippen LogP contribution in [0.5, 0.6) is 0 Å². The Balaban J connectivity index is 1.08. The van der Waals surface area contributed by atoms with Crippen molar-refractivity contribution in [3.05, 3.63) is 205 Å². The summed E-state index contributed by atoms with van der Waals surface area (Å²) in [7, 11) is 0. The molecule has 0 bridgehead atoms. The largest absolute Gasteiger partial charge is 0.454 e. The van der Waals surface area contributed by atoms with Crippen molar-refractivity contribution in [1.29, 1.82) is 0 Å². The van der Waals surface area contributed by atoms with Crippen molar-refractivity contribution in [2.24, 2.45) is 0 Å². The van der Waals surface area contributed by atoms with Crippen LogP contribution >= 0.6 is 0 Å². The molecule has 0 radical (unpaired) electrons. The van der Waals surface area contributed by atoms with E-state index in [0.29, 0.717) is 17.5 Å². The van der Waals surface area contributed by atoms with Crippen LogP contribution in [-0.4, -0.2) is 24.1 Å². The summed E-state index contributed by atoms with van der Waals surface area (Å²) in [6, 6.07) is 66.9. The van der Waals surface area contributed by atoms with E-state index in [1.807, 2.05) is 0 Å². The molecule has 0 atom stereocenters. The number of para-hydroxylation sites is 4. The van der Waals surface area contributed by atoms with E-state index in [0.717, 1.165) is 95.9 Å². The predicted octanol–water partition coefficient (Wildman–Crippen LogP) is 15.1. The lowest BCUT2D eigenvalue weighted by Gasteiger charge is -2.15. The molecule has 0 saturated carbocycles. The lowest BCUT2D eigenvalue weighted by atomic mass is 9.96. The van der Waals surface area contributed by atoms with Gasteiger partial charge in [0, 0.05) is 54.9 Å². The summed E-state index contributed by atoms with van der Waals surface area (Å²) in [5.74, 6) is 2.70. The molecular weight excluding hydrogens is 795 g/mol. The Morgan fingerprint density at radius 2 is 1.03 bits per heavy atom. The Hall–Kier alpha value is -8.61. The molecule has 9 aromatic carbocycles. The van der Waals surface area contributed by atoms with E-state index in [1.165, 1.54) is 32.5 Å². The highest BCUT2D eigenvalue weighted by molar-refractivity contribution is 6.16. The smallest absolute Gasteiger partial charge is 0.166 e. The zero-order valence-corrected chi connectivity index (χ0v) is 35.1. The van der Waals surface area contributed by atoms with Gasteiger partial charge in [-0.05, 0) is 95.1 Å². The molecule has 14 rings (SSSR count). The van der Waals surface area contributed by atoms with Gasteiger partial charge in [0.05, 0.1) is 27.8 Å². The molecular formula is C59H37N5O. The highest BCUT2D eigenvalue weighted by atomic mass is 16.3. The van der Waals surface area contributed by atoms with E-state index in [9.17, 15) is 0 Å². The van der Waals surface area contributed by atoms with Crippen molar-refractivity contribution < 1.29 is 4.42 Å². The summed E-state index contributed by atoms with van der Waals surface area (Å²) in [6.07, 6.45) is 6.11. The Morgan fingerprint density at radius 1 is 0.431 bits per heavy atom. The molecule has 304 valence electrons. The molecule has 0 saturated heterocycles. The fourth-order valence-electron chi connectivity index (χ4n) is 10.5. The molecule has 0 fully saturated rings. The normalized spacial score (nSPS) is 12.7. The highest BCUT2D eigenvalue weighted by Crippen LogP contribution is 2.45. The molecule has 1 aliphatic rings. The van der Waals surface area contributed by atoms with Crippen LogP contribution in [0.3, 0.4) is 0 Å². The molecule has 0 unspecified atom stereocenters. The van der Waals surface area contributed by atoms with E-state index in [-0.39, 0.29) is 0 Å². The topological polar surface area (TPSA) is 61.7 Å². The monoisotopic (exact) mass is 831 g/mol. The van der Waals surface area contributed by atoms with Crippen LogP contribution in [0.25, 0.3) is 128 Å². The van der Waals surface area contributed by atoms with Gasteiger partial charge < -0.3 is 13.6 Å². The first-order valence-electron chi connectivity index (χ1n) is 22.2. The molecule has 4 aromatic heterocycles. The molecule has 13 aromatic rings. The molecule has 6 nitrogen and oxygen atoms in total. The van der Waals surface area contributed by atoms with Gasteiger partial charge in [-0.2, -0.15) is 0 Å². The number of benzene rings is 9. The summed E-state index contributed by atoms with van der Waals surface area (Å²) in [4.78, 5) is 16.4. The molecule has 0 N–H and O–H groups in total. The lowest BCUT2D eigenvalue weighted by Crippen LogP contribution is -2.03. The molecule has 0 spiro atoms. The molecule has 0 aliphatic heterocycles. The van der Waals surface area contributed by atoms with E-state index in [2.05, 4.69) is 209 Å². The van der Waals surface area contributed by atoms with Gasteiger partial charge in [0.2, 0.25) is 0 Å². The summed E-state index contributed by atoms with van der Waals surface area (Å²) < 4.78 is 11.8. The van der Waals surface area contributed by atoms with E-state index in [4.69, 9.17) is 19.4 Å². The summed E-state index contributed by atoms with van der Waals surface area (Å²) >= 11 is 0. The van der Waals surface area contributed by atoms with Crippen molar-refractivity contribution >= 4 is 82.2 Å². The van der Waals surface area contributed by atoms with Crippen molar-refractivity contribution in [3.8, 4) is 45.5 Å². The number of allylic oxidation sites excluding steroid dienone is 1. The molecule has 65 heavy (non-hydrogen) atoms. The minimum absolute atomic E-state index is 0.597. The third-order valence-corrected chi connectivity index (χ3v) is 13.4. The Morgan fingerprint density at radius 3 is 1.85 bits per heavy atom. The third-order valence-electron chi connectivity index (χ3n) is 13.4. The number of aryl methyl sites for hydroxylation is 1. The van der Waals surface area contributed by atoms with Gasteiger partial charge >= 0.3 is 0 Å². The number of fused-ring (bicyclic) bond motifs is 11. The van der Waals surface area contributed by atoms with Crippen molar-refractivity contribution in [1.82, 2.24) is 24.1 Å². The lowest BCUT2D eigenvalue weighted by molar-refractivity contribution is 0.594. The number of aromatic nitrogens is 5. The molecule has 4 heterocycles. The first-order chi connectivity index (χ1) is 32.2. The molecule has 0 amide bonds. The minimum atomic E-state index is 0.597. The maximum atomic E-state index is 7.05. The number of rotatable bonds is 5. The van der Waals surface area contributed by atoms with Gasteiger partial charge in [0.25, 0.3) is 0 Å². The van der Waals surface area contributed by atoms with Crippen LogP contribution in [0.1, 0.15) is 17.7 Å². The Bertz CT molecular complexity index is 4130. The molecule has 6 heteroatoms. The first-order valence-corrected chi connectivity index (χ1v) is 22.2. The maximum absolute atomic E-state index is 7.05. The quantitative estimate of drug-likeness (QED) is 0.173. The number of hydrogen-bond donors (Lipinski definition) is 0. The Labute approximate surface area is 373 Å². The van der Waals surface area contributed by atoms with Crippen LogP contribution in [0, 0.1) is 0 Å². The van der Waals surface area contributed by atoms with Gasteiger partial charge in [-0.25, -0.2) is 15.0 Å². The standard InChI is InChI=1S/C59H37N5O/c1-2-20-39(21-3-1)63-49-29-11-8-23-41(49)43-26-15-28-47(55(43)63)59-61-57(44-27-14-19-36-16-6-7-22-40(36)44)60-58(62-59)46-32-33-51(56-54(46)45-25-10-13-31-53(45)65-56)64-50-30-12-9-24-42(50)48-34-37-17-4-5-18-38(37)35-52(48)64/h1-9,11-24,26-35H,10,25H2. The second kappa shape index (κ2) is 13.9. The van der Waals surface area contributed by atoms with Crippen molar-refractivity contribution in [2.75, 3.05) is 0 Å². The highest BCUT2D eigenvalue weighted by Gasteiger charge is 2.27. The average Bonchev–Trinajstić information content (AvgIpc) is 4.03. The van der Waals surface area contributed by atoms with Crippen molar-refractivity contribution in [2.45, 2.75) is 12.8 Å². The average molecular weight is 832 g/mol. The third kappa shape index (κ3) is 5.38. The van der Waals surface area contributed by atoms with Crippen LogP contribution in [0.4, 0.5) is 0 Å².